The summed E-state index contributed by atoms with van der Waals surface area (Å²) in [6.45, 7) is 4.11. The van der Waals surface area contributed by atoms with Crippen LogP contribution in [0.5, 0.6) is 5.75 Å². The Kier molecular flexibility index (Phi) is 5.34. The highest BCUT2D eigenvalue weighted by molar-refractivity contribution is 7.91. The highest BCUT2D eigenvalue weighted by atomic mass is 35.5. The average Bonchev–Trinajstić information content (AvgIpc) is 2.54. The van der Waals surface area contributed by atoms with Crippen molar-refractivity contribution < 1.29 is 18.3 Å². The molecule has 0 spiro atoms. The zero-order valence-electron chi connectivity index (χ0n) is 13.0. The summed E-state index contributed by atoms with van der Waals surface area (Å²) in [5.41, 5.74) is -0.353. The van der Waals surface area contributed by atoms with Gasteiger partial charge in [-0.3, -0.25) is 0 Å². The lowest BCUT2D eigenvalue weighted by molar-refractivity contribution is 0.0975. The molecule has 0 heterocycles. The quantitative estimate of drug-likeness (QED) is 0.861. The van der Waals surface area contributed by atoms with Crippen molar-refractivity contribution in [2.45, 2.75) is 23.6 Å². The molecule has 6 heteroatoms. The molecular formula is C17H19ClO4S. The molecule has 0 bridgehead atoms. The fourth-order valence-corrected chi connectivity index (χ4v) is 3.18. The lowest BCUT2D eigenvalue weighted by Gasteiger charge is -2.21. The number of aliphatic hydroxyl groups excluding tert-OH is 1. The maximum absolute atomic E-state index is 12.5. The summed E-state index contributed by atoms with van der Waals surface area (Å²) >= 11 is 5.78. The summed E-state index contributed by atoms with van der Waals surface area (Å²) in [5, 5.41) is 9.69. The number of hydrogen-bond acceptors (Lipinski definition) is 4. The van der Waals surface area contributed by atoms with Crippen molar-refractivity contribution in [1.29, 1.82) is 0 Å². The second kappa shape index (κ2) is 6.91. The van der Waals surface area contributed by atoms with Crippen LogP contribution in [0, 0.1) is 5.41 Å². The molecule has 0 aliphatic carbocycles. The van der Waals surface area contributed by atoms with E-state index >= 15 is 0 Å². The third-order valence-electron chi connectivity index (χ3n) is 3.32. The maximum atomic E-state index is 12.5. The zero-order valence-corrected chi connectivity index (χ0v) is 14.6. The van der Waals surface area contributed by atoms with Crippen LogP contribution in [0.1, 0.15) is 13.8 Å². The predicted molar refractivity (Wildman–Crippen MR) is 89.7 cm³/mol. The molecule has 0 saturated heterocycles. The van der Waals surface area contributed by atoms with Crippen LogP contribution in [0.3, 0.4) is 0 Å². The number of sulfone groups is 1. The Morgan fingerprint density at radius 3 is 1.96 bits per heavy atom. The normalized spacial score (nSPS) is 12.2. The molecule has 0 radical (unpaired) electrons. The highest BCUT2D eigenvalue weighted by Crippen LogP contribution is 2.25. The maximum Gasteiger partial charge on any atom is 0.206 e. The van der Waals surface area contributed by atoms with Gasteiger partial charge in [-0.05, 0) is 48.5 Å². The van der Waals surface area contributed by atoms with Crippen molar-refractivity contribution >= 4 is 21.4 Å². The van der Waals surface area contributed by atoms with Crippen molar-refractivity contribution in [2.24, 2.45) is 5.41 Å². The minimum atomic E-state index is -3.57. The first-order valence-electron chi connectivity index (χ1n) is 7.09. The number of rotatable bonds is 6. The smallest absolute Gasteiger partial charge is 0.206 e. The van der Waals surface area contributed by atoms with Crippen LogP contribution in [0.25, 0.3) is 0 Å². The Morgan fingerprint density at radius 2 is 1.48 bits per heavy atom. The number of aliphatic hydroxyl groups is 1. The fourth-order valence-electron chi connectivity index (χ4n) is 1.79. The number of halogens is 1. The Bertz CT molecular complexity index is 750. The second-order valence-corrected chi connectivity index (χ2v) is 8.43. The minimum Gasteiger partial charge on any atom is -0.493 e. The van der Waals surface area contributed by atoms with Gasteiger partial charge >= 0.3 is 0 Å². The summed E-state index contributed by atoms with van der Waals surface area (Å²) < 4.78 is 30.6. The molecule has 0 atom stereocenters. The molecule has 0 aliphatic rings. The first-order valence-corrected chi connectivity index (χ1v) is 8.95. The van der Waals surface area contributed by atoms with Crippen LogP contribution in [-0.2, 0) is 9.84 Å². The van der Waals surface area contributed by atoms with Crippen molar-refractivity contribution in [3.63, 3.8) is 0 Å². The third-order valence-corrected chi connectivity index (χ3v) is 5.35. The monoisotopic (exact) mass is 354 g/mol. The van der Waals surface area contributed by atoms with Crippen LogP contribution < -0.4 is 4.74 Å². The van der Waals surface area contributed by atoms with Crippen molar-refractivity contribution in [3.05, 3.63) is 53.6 Å². The predicted octanol–water partition coefficient (Wildman–Crippen LogP) is 3.57. The lowest BCUT2D eigenvalue weighted by atomic mass is 9.97. The topological polar surface area (TPSA) is 63.6 Å². The molecule has 0 aromatic heterocycles. The molecule has 23 heavy (non-hydrogen) atoms. The van der Waals surface area contributed by atoms with E-state index in [9.17, 15) is 13.5 Å². The molecular weight excluding hydrogens is 336 g/mol. The Labute approximate surface area is 141 Å². The molecule has 0 fully saturated rings. The van der Waals surface area contributed by atoms with E-state index in [0.29, 0.717) is 17.4 Å². The summed E-state index contributed by atoms with van der Waals surface area (Å²) in [6.07, 6.45) is 0. The van der Waals surface area contributed by atoms with E-state index in [2.05, 4.69) is 0 Å². The molecule has 2 aromatic carbocycles. The van der Waals surface area contributed by atoms with Crippen LogP contribution >= 0.6 is 11.6 Å². The second-order valence-electron chi connectivity index (χ2n) is 6.04. The van der Waals surface area contributed by atoms with Crippen molar-refractivity contribution in [2.75, 3.05) is 13.2 Å². The van der Waals surface area contributed by atoms with Crippen molar-refractivity contribution in [3.8, 4) is 5.75 Å². The van der Waals surface area contributed by atoms with Gasteiger partial charge in [-0.15, -0.1) is 0 Å². The van der Waals surface area contributed by atoms with Gasteiger partial charge in [0, 0.05) is 10.4 Å². The van der Waals surface area contributed by atoms with Gasteiger partial charge in [0.15, 0.2) is 0 Å². The van der Waals surface area contributed by atoms with E-state index in [4.69, 9.17) is 16.3 Å². The van der Waals surface area contributed by atoms with Crippen LogP contribution in [0.4, 0.5) is 0 Å². The Hall–Kier alpha value is -1.56. The van der Waals surface area contributed by atoms with E-state index in [0.717, 1.165) is 0 Å². The van der Waals surface area contributed by atoms with Crippen molar-refractivity contribution in [1.82, 2.24) is 0 Å². The lowest BCUT2D eigenvalue weighted by Crippen LogP contribution is -2.25. The van der Waals surface area contributed by atoms with Gasteiger partial charge in [0.2, 0.25) is 9.84 Å². The zero-order chi connectivity index (χ0) is 17.1. The van der Waals surface area contributed by atoms with Gasteiger partial charge in [0.1, 0.15) is 5.75 Å². The standard InChI is InChI=1S/C17H19ClO4S/c1-17(2,11-19)12-22-14-5-9-16(10-6-14)23(20,21)15-7-3-13(18)4-8-15/h3-10,19H,11-12H2,1-2H3. The van der Waals surface area contributed by atoms with Crippen LogP contribution in [0.15, 0.2) is 58.3 Å². The van der Waals surface area contributed by atoms with Gasteiger partial charge in [-0.1, -0.05) is 25.4 Å². The summed E-state index contributed by atoms with van der Waals surface area (Å²) in [7, 11) is -3.57. The number of benzene rings is 2. The molecule has 0 amide bonds. The van der Waals surface area contributed by atoms with E-state index < -0.39 is 9.84 Å². The van der Waals surface area contributed by atoms with Gasteiger partial charge in [-0.25, -0.2) is 8.42 Å². The fraction of sp³-hybridized carbons (Fsp3) is 0.294. The molecule has 2 rings (SSSR count). The highest BCUT2D eigenvalue weighted by Gasteiger charge is 2.19. The molecule has 4 nitrogen and oxygen atoms in total. The van der Waals surface area contributed by atoms with Crippen LogP contribution in [-0.4, -0.2) is 26.7 Å². The first kappa shape index (κ1) is 17.8. The first-order chi connectivity index (χ1) is 10.7. The number of hydrogen-bond donors (Lipinski definition) is 1. The van der Waals surface area contributed by atoms with Gasteiger partial charge in [-0.2, -0.15) is 0 Å². The van der Waals surface area contributed by atoms with E-state index in [1.54, 1.807) is 24.3 Å². The van der Waals surface area contributed by atoms with Gasteiger partial charge in [0.25, 0.3) is 0 Å². The van der Waals surface area contributed by atoms with E-state index in [-0.39, 0.29) is 21.8 Å². The Morgan fingerprint density at radius 1 is 1.00 bits per heavy atom. The average molecular weight is 355 g/mol. The van der Waals surface area contributed by atoms with Gasteiger partial charge < -0.3 is 9.84 Å². The molecule has 124 valence electrons. The summed E-state index contributed by atoms with van der Waals surface area (Å²) in [4.78, 5) is 0.380. The van der Waals surface area contributed by atoms with E-state index in [1.165, 1.54) is 24.3 Å². The SMILES string of the molecule is CC(C)(CO)COc1ccc(S(=O)(=O)c2ccc(Cl)cc2)cc1. The number of ether oxygens (including phenoxy) is 1. The van der Waals surface area contributed by atoms with Crippen LogP contribution in [0.2, 0.25) is 5.02 Å². The third kappa shape index (κ3) is 4.47. The molecule has 1 N–H and O–H groups in total. The summed E-state index contributed by atoms with van der Waals surface area (Å²) in [6, 6.07) is 12.3. The molecule has 0 unspecified atom stereocenters. The largest absolute Gasteiger partial charge is 0.493 e. The minimum absolute atomic E-state index is 0.00995. The van der Waals surface area contributed by atoms with Gasteiger partial charge in [0.05, 0.1) is 23.0 Å². The molecule has 2 aromatic rings. The summed E-state index contributed by atoms with van der Waals surface area (Å²) in [5.74, 6) is 0.557. The van der Waals surface area contributed by atoms with E-state index in [1.807, 2.05) is 13.8 Å². The molecule has 0 saturated carbocycles. The molecule has 0 aliphatic heterocycles. The Balaban J connectivity index is 2.17.